The largest absolute Gasteiger partial charge is 0.343 e. The molecule has 6 heteroatoms. The third kappa shape index (κ3) is 5.44. The number of nitrogens with one attached hydrogen (secondary N) is 2. The number of carbonyl (C=O) groups is 3. The van der Waals surface area contributed by atoms with E-state index in [1.54, 1.807) is 12.1 Å². The number of halogens is 1. The van der Waals surface area contributed by atoms with E-state index in [-0.39, 0.29) is 35.1 Å². The van der Waals surface area contributed by atoms with Gasteiger partial charge in [0.25, 0.3) is 0 Å². The molecule has 0 spiro atoms. The Hall–Kier alpha value is -3.80. The molecule has 0 aromatic heterocycles. The predicted molar refractivity (Wildman–Crippen MR) is 159 cm³/mol. The van der Waals surface area contributed by atoms with Crippen LogP contribution in [0.3, 0.4) is 0 Å². The summed E-state index contributed by atoms with van der Waals surface area (Å²) in [5.41, 5.74) is 2.70. The highest BCUT2D eigenvalue weighted by Crippen LogP contribution is 2.57. The van der Waals surface area contributed by atoms with Gasteiger partial charge in [-0.1, -0.05) is 88.7 Å². The first-order valence-corrected chi connectivity index (χ1v) is 14.6. The molecule has 2 amide bonds. The summed E-state index contributed by atoms with van der Waals surface area (Å²) in [4.78, 5) is 41.3. The molecule has 0 radical (unpaired) electrons. The maximum absolute atomic E-state index is 14.4. The molecule has 41 heavy (non-hydrogen) atoms. The highest BCUT2D eigenvalue weighted by molar-refractivity contribution is 6.01. The van der Waals surface area contributed by atoms with Crippen LogP contribution in [-0.4, -0.2) is 23.6 Å². The average Bonchev–Trinajstić information content (AvgIpc) is 2.95. The molecular weight excluding hydrogens is 515 g/mol. The lowest BCUT2D eigenvalue weighted by Crippen LogP contribution is -2.58. The average molecular weight is 555 g/mol. The summed E-state index contributed by atoms with van der Waals surface area (Å²) < 4.78 is 14.4. The summed E-state index contributed by atoms with van der Waals surface area (Å²) in [6, 6.07) is 20.8. The SMILES string of the molecule is CC(C)c1ccc2c(c1)C(=O)C[C@H]1[C@](C)(C(=O)N[C@H](Cc3ccccc3)C(=O)Nc3ccccc3F)CCC[C@]21C. The Bertz CT molecular complexity index is 1470. The summed E-state index contributed by atoms with van der Waals surface area (Å²) in [7, 11) is 0. The van der Waals surface area contributed by atoms with Gasteiger partial charge in [0.15, 0.2) is 5.78 Å². The molecule has 5 rings (SSSR count). The number of para-hydroxylation sites is 1. The first kappa shape index (κ1) is 28.7. The Morgan fingerprint density at radius 1 is 0.976 bits per heavy atom. The first-order chi connectivity index (χ1) is 19.5. The molecule has 0 aliphatic heterocycles. The van der Waals surface area contributed by atoms with Crippen molar-refractivity contribution in [1.29, 1.82) is 0 Å². The lowest BCUT2D eigenvalue weighted by Gasteiger charge is -2.54. The van der Waals surface area contributed by atoms with E-state index < -0.39 is 23.2 Å². The summed E-state index contributed by atoms with van der Waals surface area (Å²) in [5.74, 6) is -1.09. The molecule has 1 saturated carbocycles. The minimum atomic E-state index is -0.922. The zero-order valence-corrected chi connectivity index (χ0v) is 24.3. The summed E-state index contributed by atoms with van der Waals surface area (Å²) >= 11 is 0. The molecule has 0 bridgehead atoms. The maximum atomic E-state index is 14.4. The van der Waals surface area contributed by atoms with E-state index in [1.807, 2.05) is 43.3 Å². The second kappa shape index (κ2) is 11.2. The Morgan fingerprint density at radius 3 is 2.39 bits per heavy atom. The fourth-order valence-electron chi connectivity index (χ4n) is 7.03. The van der Waals surface area contributed by atoms with Crippen LogP contribution in [0, 0.1) is 17.2 Å². The number of anilines is 1. The zero-order valence-electron chi connectivity index (χ0n) is 24.3. The molecule has 2 aliphatic carbocycles. The Balaban J connectivity index is 1.45. The van der Waals surface area contributed by atoms with Gasteiger partial charge in [0.05, 0.1) is 11.1 Å². The molecule has 1 fully saturated rings. The number of ketones is 1. The molecule has 0 saturated heterocycles. The van der Waals surface area contributed by atoms with Crippen LogP contribution >= 0.6 is 0 Å². The molecule has 2 N–H and O–H groups in total. The Morgan fingerprint density at radius 2 is 1.68 bits per heavy atom. The van der Waals surface area contributed by atoms with Crippen molar-refractivity contribution in [3.8, 4) is 0 Å². The lowest BCUT2D eigenvalue weighted by atomic mass is 9.49. The zero-order chi connectivity index (χ0) is 29.4. The van der Waals surface area contributed by atoms with E-state index in [0.717, 1.165) is 35.1 Å². The number of carbonyl (C=O) groups excluding carboxylic acids is 3. The normalized spacial score (nSPS) is 24.2. The van der Waals surface area contributed by atoms with E-state index in [0.29, 0.717) is 18.8 Å². The predicted octanol–water partition coefficient (Wildman–Crippen LogP) is 6.97. The number of Topliss-reactive ketones (excluding diaryl/α,β-unsaturated/α-hetero) is 1. The third-order valence-electron chi connectivity index (χ3n) is 9.50. The van der Waals surface area contributed by atoms with Crippen molar-refractivity contribution in [3.05, 3.63) is 101 Å². The smallest absolute Gasteiger partial charge is 0.247 e. The Kier molecular flexibility index (Phi) is 7.87. The van der Waals surface area contributed by atoms with Crippen LogP contribution in [0.25, 0.3) is 0 Å². The van der Waals surface area contributed by atoms with Crippen LogP contribution in [-0.2, 0) is 21.4 Å². The van der Waals surface area contributed by atoms with E-state index in [4.69, 9.17) is 0 Å². The lowest BCUT2D eigenvalue weighted by molar-refractivity contribution is -0.140. The van der Waals surface area contributed by atoms with E-state index >= 15 is 0 Å². The standard InChI is InChI=1S/C35H39FN2O3/c1-22(2)24-15-16-26-25(20-24)30(39)21-31-34(26,3)17-10-18-35(31,4)33(41)38-29(19-23-11-6-5-7-12-23)32(40)37-28-14-9-8-13-27(28)36/h5-9,11-16,20,22,29,31H,10,17-19,21H2,1-4H3,(H,37,40)(H,38,41)/t29-,31-,34-,35-/m1/s1. The van der Waals surface area contributed by atoms with Crippen molar-refractivity contribution in [3.63, 3.8) is 0 Å². The van der Waals surface area contributed by atoms with Crippen LogP contribution in [0.15, 0.2) is 72.8 Å². The first-order valence-electron chi connectivity index (χ1n) is 14.6. The van der Waals surface area contributed by atoms with Gasteiger partial charge in [0.1, 0.15) is 11.9 Å². The Labute approximate surface area is 241 Å². The van der Waals surface area contributed by atoms with Crippen molar-refractivity contribution < 1.29 is 18.8 Å². The van der Waals surface area contributed by atoms with Crippen molar-refractivity contribution >= 4 is 23.3 Å². The number of benzene rings is 3. The number of hydrogen-bond acceptors (Lipinski definition) is 3. The van der Waals surface area contributed by atoms with E-state index in [2.05, 4.69) is 43.5 Å². The van der Waals surface area contributed by atoms with Crippen molar-refractivity contribution in [1.82, 2.24) is 5.32 Å². The monoisotopic (exact) mass is 554 g/mol. The van der Waals surface area contributed by atoms with Crippen LogP contribution in [0.2, 0.25) is 0 Å². The molecule has 3 aromatic carbocycles. The van der Waals surface area contributed by atoms with E-state index in [9.17, 15) is 18.8 Å². The number of amides is 2. The van der Waals surface area contributed by atoms with Gasteiger partial charge in [-0.05, 0) is 65.0 Å². The molecule has 3 aromatic rings. The highest BCUT2D eigenvalue weighted by atomic mass is 19.1. The fourth-order valence-corrected chi connectivity index (χ4v) is 7.03. The van der Waals surface area contributed by atoms with Gasteiger partial charge < -0.3 is 10.6 Å². The molecular formula is C35H39FN2O3. The van der Waals surface area contributed by atoms with Crippen LogP contribution in [0.1, 0.15) is 86.3 Å². The number of hydrogen-bond donors (Lipinski definition) is 2. The molecule has 214 valence electrons. The summed E-state index contributed by atoms with van der Waals surface area (Å²) in [6.07, 6.45) is 2.90. The fraction of sp³-hybridized carbons (Fsp3) is 0.400. The minimum absolute atomic E-state index is 0.0662. The third-order valence-corrected chi connectivity index (χ3v) is 9.50. The quantitative estimate of drug-likeness (QED) is 0.331. The van der Waals surface area contributed by atoms with Gasteiger partial charge in [-0.15, -0.1) is 0 Å². The van der Waals surface area contributed by atoms with Crippen molar-refractivity contribution in [2.45, 2.75) is 77.2 Å². The van der Waals surface area contributed by atoms with Crippen LogP contribution in [0.4, 0.5) is 10.1 Å². The van der Waals surface area contributed by atoms with Gasteiger partial charge in [-0.2, -0.15) is 0 Å². The summed E-state index contributed by atoms with van der Waals surface area (Å²) in [5, 5.41) is 5.71. The van der Waals surface area contributed by atoms with Gasteiger partial charge in [0.2, 0.25) is 11.8 Å². The second-order valence-corrected chi connectivity index (χ2v) is 12.5. The second-order valence-electron chi connectivity index (χ2n) is 12.5. The van der Waals surface area contributed by atoms with Gasteiger partial charge in [-0.3, -0.25) is 14.4 Å². The van der Waals surface area contributed by atoms with Gasteiger partial charge in [0, 0.05) is 18.4 Å². The van der Waals surface area contributed by atoms with Gasteiger partial charge >= 0.3 is 0 Å². The van der Waals surface area contributed by atoms with E-state index in [1.165, 1.54) is 12.1 Å². The topological polar surface area (TPSA) is 75.3 Å². The maximum Gasteiger partial charge on any atom is 0.247 e. The molecule has 0 unspecified atom stereocenters. The summed E-state index contributed by atoms with van der Waals surface area (Å²) in [6.45, 7) is 8.38. The van der Waals surface area contributed by atoms with Crippen LogP contribution < -0.4 is 10.6 Å². The van der Waals surface area contributed by atoms with Crippen molar-refractivity contribution in [2.75, 3.05) is 5.32 Å². The number of fused-ring (bicyclic) bond motifs is 3. The van der Waals surface area contributed by atoms with Crippen molar-refractivity contribution in [2.24, 2.45) is 11.3 Å². The molecule has 5 nitrogen and oxygen atoms in total. The number of rotatable bonds is 7. The molecule has 4 atom stereocenters. The highest BCUT2D eigenvalue weighted by Gasteiger charge is 2.57. The van der Waals surface area contributed by atoms with Crippen LogP contribution in [0.5, 0.6) is 0 Å². The molecule has 2 aliphatic rings. The molecule has 0 heterocycles. The minimum Gasteiger partial charge on any atom is -0.343 e. The van der Waals surface area contributed by atoms with Gasteiger partial charge in [-0.25, -0.2) is 4.39 Å².